The highest BCUT2D eigenvalue weighted by Gasteiger charge is 2.30. The summed E-state index contributed by atoms with van der Waals surface area (Å²) in [6.45, 7) is 2.87. The van der Waals surface area contributed by atoms with Crippen LogP contribution in [0.25, 0.3) is 0 Å². The van der Waals surface area contributed by atoms with Crippen LogP contribution in [0.5, 0.6) is 0 Å². The number of carbonyl (C=O) groups excluding carboxylic acids is 1. The minimum atomic E-state index is -0.804. The summed E-state index contributed by atoms with van der Waals surface area (Å²) < 4.78 is 27.0. The van der Waals surface area contributed by atoms with Gasteiger partial charge in [0.25, 0.3) is 0 Å². The fourth-order valence-corrected chi connectivity index (χ4v) is 1.98. The zero-order valence-electron chi connectivity index (χ0n) is 10.8. The molecule has 1 aliphatic rings. The highest BCUT2D eigenvalue weighted by atomic mass is 19.1. The molecule has 1 saturated heterocycles. The van der Waals surface area contributed by atoms with Crippen LogP contribution in [0.4, 0.5) is 20.4 Å². The van der Waals surface area contributed by atoms with Gasteiger partial charge in [0, 0.05) is 26.2 Å². The monoisotopic (exact) mass is 270 g/mol. The van der Waals surface area contributed by atoms with E-state index in [9.17, 15) is 13.6 Å². The number of hydrogen-bond donors (Lipinski definition) is 2. The minimum Gasteiger partial charge on any atom is -0.368 e. The SMILES string of the molecule is CCNc1nc(NC2CCN(C)C2=O)c(F)cc1F. The third-order valence-electron chi connectivity index (χ3n) is 3.01. The molecule has 1 aromatic heterocycles. The first-order valence-corrected chi connectivity index (χ1v) is 6.14. The normalized spacial score (nSPS) is 18.8. The number of rotatable bonds is 4. The summed E-state index contributed by atoms with van der Waals surface area (Å²) in [6, 6.07) is 0.253. The molecule has 2 N–H and O–H groups in total. The molecule has 1 atom stereocenters. The van der Waals surface area contributed by atoms with E-state index >= 15 is 0 Å². The van der Waals surface area contributed by atoms with Gasteiger partial charge in [-0.05, 0) is 13.3 Å². The Morgan fingerprint density at radius 1 is 1.42 bits per heavy atom. The molecule has 2 rings (SSSR count). The van der Waals surface area contributed by atoms with Crippen LogP contribution in [-0.4, -0.2) is 42.0 Å². The lowest BCUT2D eigenvalue weighted by molar-refractivity contribution is -0.127. The molecule has 0 aliphatic carbocycles. The van der Waals surface area contributed by atoms with Gasteiger partial charge >= 0.3 is 0 Å². The van der Waals surface area contributed by atoms with E-state index in [0.29, 0.717) is 19.5 Å². The quantitative estimate of drug-likeness (QED) is 0.869. The van der Waals surface area contributed by atoms with E-state index in [1.807, 2.05) is 0 Å². The lowest BCUT2D eigenvalue weighted by atomic mass is 10.2. The molecule has 1 amide bonds. The maximum atomic E-state index is 13.6. The number of anilines is 2. The number of nitrogens with zero attached hydrogens (tertiary/aromatic N) is 2. The first kappa shape index (κ1) is 13.5. The van der Waals surface area contributed by atoms with Gasteiger partial charge in [-0.3, -0.25) is 4.79 Å². The Morgan fingerprint density at radius 2 is 2.11 bits per heavy atom. The average molecular weight is 270 g/mol. The Hall–Kier alpha value is -1.92. The summed E-state index contributed by atoms with van der Waals surface area (Å²) in [5, 5.41) is 5.43. The van der Waals surface area contributed by atoms with Crippen LogP contribution in [-0.2, 0) is 4.79 Å². The number of pyridine rings is 1. The summed E-state index contributed by atoms with van der Waals surface area (Å²) in [7, 11) is 1.68. The van der Waals surface area contributed by atoms with Crippen molar-refractivity contribution in [2.75, 3.05) is 30.8 Å². The van der Waals surface area contributed by atoms with Crippen LogP contribution >= 0.6 is 0 Å². The number of aromatic nitrogens is 1. The Balaban J connectivity index is 2.20. The highest BCUT2D eigenvalue weighted by Crippen LogP contribution is 2.21. The maximum absolute atomic E-state index is 13.6. The van der Waals surface area contributed by atoms with E-state index in [1.165, 1.54) is 0 Å². The molecular formula is C12H16F2N4O. The largest absolute Gasteiger partial charge is 0.368 e. The molecule has 1 fully saturated rings. The van der Waals surface area contributed by atoms with E-state index in [1.54, 1.807) is 18.9 Å². The lowest BCUT2D eigenvalue weighted by Crippen LogP contribution is -2.31. The Bertz CT molecular complexity index is 495. The van der Waals surface area contributed by atoms with E-state index in [2.05, 4.69) is 15.6 Å². The summed E-state index contributed by atoms with van der Waals surface area (Å²) in [5.41, 5.74) is 0. The number of carbonyl (C=O) groups is 1. The number of halogens is 2. The summed E-state index contributed by atoms with van der Waals surface area (Å²) in [5.74, 6) is -1.80. The predicted molar refractivity (Wildman–Crippen MR) is 68.0 cm³/mol. The maximum Gasteiger partial charge on any atom is 0.244 e. The molecule has 0 aromatic carbocycles. The van der Waals surface area contributed by atoms with Crippen LogP contribution in [0.3, 0.4) is 0 Å². The number of amides is 1. The third kappa shape index (κ3) is 2.74. The number of nitrogens with one attached hydrogen (secondary N) is 2. The highest BCUT2D eigenvalue weighted by molar-refractivity contribution is 5.86. The van der Waals surface area contributed by atoms with Crippen LogP contribution in [0.2, 0.25) is 0 Å². The second-order valence-corrected chi connectivity index (χ2v) is 4.42. The van der Waals surface area contributed by atoms with Crippen LogP contribution in [0, 0.1) is 11.6 Å². The van der Waals surface area contributed by atoms with Crippen molar-refractivity contribution in [3.05, 3.63) is 17.7 Å². The molecule has 1 unspecified atom stereocenters. The summed E-state index contributed by atoms with van der Waals surface area (Å²) >= 11 is 0. The molecule has 7 heteroatoms. The first-order chi connectivity index (χ1) is 9.02. The van der Waals surface area contributed by atoms with Crippen molar-refractivity contribution >= 4 is 17.5 Å². The smallest absolute Gasteiger partial charge is 0.244 e. The van der Waals surface area contributed by atoms with Gasteiger partial charge in [0.2, 0.25) is 5.91 Å². The third-order valence-corrected chi connectivity index (χ3v) is 3.01. The molecule has 0 spiro atoms. The van der Waals surface area contributed by atoms with Crippen LogP contribution < -0.4 is 10.6 Å². The molecule has 0 radical (unpaired) electrons. The molecule has 1 aliphatic heterocycles. The van der Waals surface area contributed by atoms with Gasteiger partial charge in [0.1, 0.15) is 6.04 Å². The lowest BCUT2D eigenvalue weighted by Gasteiger charge is -2.14. The van der Waals surface area contributed by atoms with Crippen molar-refractivity contribution in [1.29, 1.82) is 0 Å². The summed E-state index contributed by atoms with van der Waals surface area (Å²) in [4.78, 5) is 17.1. The molecular weight excluding hydrogens is 254 g/mol. The van der Waals surface area contributed by atoms with Gasteiger partial charge < -0.3 is 15.5 Å². The Morgan fingerprint density at radius 3 is 2.68 bits per heavy atom. The van der Waals surface area contributed by atoms with Crippen molar-refractivity contribution in [3.63, 3.8) is 0 Å². The Kier molecular flexibility index (Phi) is 3.82. The second-order valence-electron chi connectivity index (χ2n) is 4.42. The van der Waals surface area contributed by atoms with Crippen molar-refractivity contribution in [1.82, 2.24) is 9.88 Å². The fourth-order valence-electron chi connectivity index (χ4n) is 1.98. The zero-order chi connectivity index (χ0) is 14.0. The van der Waals surface area contributed by atoms with E-state index in [4.69, 9.17) is 0 Å². The van der Waals surface area contributed by atoms with Crippen molar-refractivity contribution in [3.8, 4) is 0 Å². The number of likely N-dealkylation sites (tertiary alicyclic amines) is 1. The molecule has 19 heavy (non-hydrogen) atoms. The van der Waals surface area contributed by atoms with Crippen LogP contribution in [0.1, 0.15) is 13.3 Å². The van der Waals surface area contributed by atoms with E-state index < -0.39 is 17.7 Å². The van der Waals surface area contributed by atoms with E-state index in [-0.39, 0.29) is 17.5 Å². The van der Waals surface area contributed by atoms with Gasteiger partial charge in [0.15, 0.2) is 23.3 Å². The van der Waals surface area contributed by atoms with Gasteiger partial charge in [-0.15, -0.1) is 0 Å². The number of likely N-dealkylation sites (N-methyl/N-ethyl adjacent to an activating group) is 1. The molecule has 0 bridgehead atoms. The molecule has 0 saturated carbocycles. The number of hydrogen-bond acceptors (Lipinski definition) is 4. The van der Waals surface area contributed by atoms with Crippen LogP contribution in [0.15, 0.2) is 6.07 Å². The van der Waals surface area contributed by atoms with Gasteiger partial charge in [-0.2, -0.15) is 0 Å². The van der Waals surface area contributed by atoms with Gasteiger partial charge in [-0.1, -0.05) is 0 Å². The average Bonchev–Trinajstić information content (AvgIpc) is 2.67. The van der Waals surface area contributed by atoms with Gasteiger partial charge in [-0.25, -0.2) is 13.8 Å². The first-order valence-electron chi connectivity index (χ1n) is 6.14. The Labute approximate surface area is 110 Å². The van der Waals surface area contributed by atoms with Crippen molar-refractivity contribution < 1.29 is 13.6 Å². The topological polar surface area (TPSA) is 57.3 Å². The molecule has 5 nitrogen and oxygen atoms in total. The molecule has 2 heterocycles. The van der Waals surface area contributed by atoms with Crippen molar-refractivity contribution in [2.24, 2.45) is 0 Å². The zero-order valence-corrected chi connectivity index (χ0v) is 10.8. The second kappa shape index (κ2) is 5.38. The summed E-state index contributed by atoms with van der Waals surface area (Å²) in [6.07, 6.45) is 0.574. The van der Waals surface area contributed by atoms with E-state index in [0.717, 1.165) is 6.07 Å². The minimum absolute atomic E-state index is 0.0230. The molecule has 1 aromatic rings. The standard InChI is InChI=1S/C12H16F2N4O/c1-3-15-10-7(13)6-8(14)11(17-10)16-9-4-5-18(2)12(9)19/h6,9H,3-5H2,1-2H3,(H2,15,16,17). The fraction of sp³-hybridized carbons (Fsp3) is 0.500. The van der Waals surface area contributed by atoms with Gasteiger partial charge in [0.05, 0.1) is 0 Å². The predicted octanol–water partition coefficient (Wildman–Crippen LogP) is 1.43. The molecule has 104 valence electrons. The van der Waals surface area contributed by atoms with Crippen molar-refractivity contribution in [2.45, 2.75) is 19.4 Å².